The summed E-state index contributed by atoms with van der Waals surface area (Å²) in [7, 11) is 0. The van der Waals surface area contributed by atoms with Crippen LogP contribution in [0.2, 0.25) is 0 Å². The molecule has 2 aromatic carbocycles. The lowest BCUT2D eigenvalue weighted by atomic mass is 10.2. The summed E-state index contributed by atoms with van der Waals surface area (Å²) in [6, 6.07) is 11.4. The highest BCUT2D eigenvalue weighted by Crippen LogP contribution is 2.28. The van der Waals surface area contributed by atoms with E-state index in [9.17, 15) is 4.79 Å². The Kier molecular flexibility index (Phi) is 3.43. The van der Waals surface area contributed by atoms with E-state index in [2.05, 4.69) is 28.2 Å². The van der Waals surface area contributed by atoms with Crippen molar-refractivity contribution in [3.63, 3.8) is 0 Å². The summed E-state index contributed by atoms with van der Waals surface area (Å²) >= 11 is 1.46. The molecule has 0 saturated heterocycles. The van der Waals surface area contributed by atoms with Crippen LogP contribution < -0.4 is 11.3 Å². The predicted octanol–water partition coefficient (Wildman–Crippen LogP) is 3.27. The smallest absolute Gasteiger partial charge is 0.259 e. The molecule has 0 radical (unpaired) electrons. The number of aromatic amines is 1. The lowest BCUT2D eigenvalue weighted by molar-refractivity contribution is 0.973. The van der Waals surface area contributed by atoms with Crippen molar-refractivity contribution in [3.8, 4) is 0 Å². The minimum Gasteiger partial charge on any atom is -0.399 e. The molecule has 21 heavy (non-hydrogen) atoms. The van der Waals surface area contributed by atoms with Crippen molar-refractivity contribution in [3.05, 3.63) is 57.9 Å². The van der Waals surface area contributed by atoms with Crippen LogP contribution in [0.3, 0.4) is 0 Å². The van der Waals surface area contributed by atoms with Crippen molar-refractivity contribution in [2.45, 2.75) is 23.9 Å². The Labute approximate surface area is 126 Å². The number of nitrogens with one attached hydrogen (secondary N) is 1. The molecule has 1 aromatic heterocycles. The highest BCUT2D eigenvalue weighted by Gasteiger charge is 2.07. The zero-order valence-electron chi connectivity index (χ0n) is 11.8. The van der Waals surface area contributed by atoms with Gasteiger partial charge in [-0.25, -0.2) is 4.98 Å². The molecule has 3 rings (SSSR count). The van der Waals surface area contributed by atoms with Crippen LogP contribution in [0.1, 0.15) is 11.1 Å². The van der Waals surface area contributed by atoms with E-state index in [1.165, 1.54) is 17.3 Å². The molecule has 0 unspecified atom stereocenters. The van der Waals surface area contributed by atoms with Crippen molar-refractivity contribution < 1.29 is 0 Å². The summed E-state index contributed by atoms with van der Waals surface area (Å²) < 4.78 is 0. The van der Waals surface area contributed by atoms with E-state index < -0.39 is 0 Å². The summed E-state index contributed by atoms with van der Waals surface area (Å²) in [6.07, 6.45) is 0. The number of nitrogens with two attached hydrogens (primary N) is 1. The SMILES string of the molecule is Cc1ccc(C)c(Sc2nc3ccc(N)cc3c(=O)[nH]2)c1. The number of nitrogen functional groups attached to an aromatic ring is 1. The molecule has 0 atom stereocenters. The van der Waals surface area contributed by atoms with E-state index in [1.807, 2.05) is 13.8 Å². The number of hydrogen-bond acceptors (Lipinski definition) is 4. The van der Waals surface area contributed by atoms with Crippen molar-refractivity contribution in [1.82, 2.24) is 9.97 Å². The highest BCUT2D eigenvalue weighted by molar-refractivity contribution is 7.99. The lowest BCUT2D eigenvalue weighted by Gasteiger charge is -2.07. The first-order valence-corrected chi connectivity index (χ1v) is 7.39. The molecule has 5 heteroatoms. The van der Waals surface area contributed by atoms with E-state index in [0.717, 1.165) is 10.5 Å². The number of benzene rings is 2. The average molecular weight is 297 g/mol. The molecule has 4 nitrogen and oxygen atoms in total. The van der Waals surface area contributed by atoms with Gasteiger partial charge in [-0.15, -0.1) is 0 Å². The number of aromatic nitrogens is 2. The maximum Gasteiger partial charge on any atom is 0.259 e. The van der Waals surface area contributed by atoms with Crippen molar-refractivity contribution >= 4 is 28.4 Å². The van der Waals surface area contributed by atoms with Gasteiger partial charge in [0.05, 0.1) is 10.9 Å². The fourth-order valence-corrected chi connectivity index (χ4v) is 3.07. The molecular formula is C16H15N3OS. The maximum absolute atomic E-state index is 12.1. The molecule has 1 heterocycles. The maximum atomic E-state index is 12.1. The van der Waals surface area contributed by atoms with Gasteiger partial charge in [0.2, 0.25) is 0 Å². The number of aryl methyl sites for hydroxylation is 2. The quantitative estimate of drug-likeness (QED) is 0.562. The van der Waals surface area contributed by atoms with E-state index >= 15 is 0 Å². The third-order valence-corrected chi connectivity index (χ3v) is 4.30. The zero-order chi connectivity index (χ0) is 15.0. The van der Waals surface area contributed by atoms with Crippen LogP contribution in [-0.2, 0) is 0 Å². The van der Waals surface area contributed by atoms with Gasteiger partial charge in [-0.1, -0.05) is 23.9 Å². The van der Waals surface area contributed by atoms with Gasteiger partial charge < -0.3 is 10.7 Å². The third-order valence-electron chi connectivity index (χ3n) is 3.26. The largest absolute Gasteiger partial charge is 0.399 e. The normalized spacial score (nSPS) is 11.0. The van der Waals surface area contributed by atoms with E-state index in [4.69, 9.17) is 5.73 Å². The van der Waals surface area contributed by atoms with Crippen LogP contribution in [0.4, 0.5) is 5.69 Å². The highest BCUT2D eigenvalue weighted by atomic mass is 32.2. The van der Waals surface area contributed by atoms with Crippen molar-refractivity contribution in [1.29, 1.82) is 0 Å². The Bertz CT molecular complexity index is 886. The molecule has 0 saturated carbocycles. The minimum atomic E-state index is -0.167. The minimum absolute atomic E-state index is 0.167. The van der Waals surface area contributed by atoms with Gasteiger partial charge in [-0.3, -0.25) is 4.79 Å². The number of H-pyrrole nitrogens is 1. The topological polar surface area (TPSA) is 71.8 Å². The third kappa shape index (κ3) is 2.78. The molecule has 3 aromatic rings. The van der Waals surface area contributed by atoms with Crippen LogP contribution >= 0.6 is 11.8 Å². The molecule has 0 spiro atoms. The van der Waals surface area contributed by atoms with E-state index in [0.29, 0.717) is 21.7 Å². The van der Waals surface area contributed by atoms with Gasteiger partial charge in [-0.05, 0) is 49.2 Å². The molecule has 0 aliphatic carbocycles. The van der Waals surface area contributed by atoms with Gasteiger partial charge in [0, 0.05) is 10.6 Å². The van der Waals surface area contributed by atoms with Crippen LogP contribution in [0.5, 0.6) is 0 Å². The van der Waals surface area contributed by atoms with Gasteiger partial charge in [-0.2, -0.15) is 0 Å². The van der Waals surface area contributed by atoms with Gasteiger partial charge >= 0.3 is 0 Å². The number of anilines is 1. The summed E-state index contributed by atoms with van der Waals surface area (Å²) in [5, 5.41) is 1.10. The van der Waals surface area contributed by atoms with Gasteiger partial charge in [0.1, 0.15) is 0 Å². The van der Waals surface area contributed by atoms with Crippen LogP contribution in [0.25, 0.3) is 10.9 Å². The first-order valence-electron chi connectivity index (χ1n) is 6.57. The van der Waals surface area contributed by atoms with E-state index in [-0.39, 0.29) is 5.56 Å². The fraction of sp³-hybridized carbons (Fsp3) is 0.125. The molecule has 106 valence electrons. The Hall–Kier alpha value is -2.27. The number of rotatable bonds is 2. The van der Waals surface area contributed by atoms with Crippen LogP contribution in [0.15, 0.2) is 51.2 Å². The Balaban J connectivity index is 2.07. The summed E-state index contributed by atoms with van der Waals surface area (Å²) in [4.78, 5) is 20.5. The number of hydrogen-bond donors (Lipinski definition) is 2. The molecule has 3 N–H and O–H groups in total. The van der Waals surface area contributed by atoms with Crippen molar-refractivity contribution in [2.24, 2.45) is 0 Å². The summed E-state index contributed by atoms with van der Waals surface area (Å²) in [6.45, 7) is 4.09. The predicted molar refractivity (Wildman–Crippen MR) is 86.8 cm³/mol. The lowest BCUT2D eigenvalue weighted by Crippen LogP contribution is -2.09. The molecule has 0 aliphatic heterocycles. The fourth-order valence-electron chi connectivity index (χ4n) is 2.10. The second-order valence-corrected chi connectivity index (χ2v) is 6.05. The number of fused-ring (bicyclic) bond motifs is 1. The van der Waals surface area contributed by atoms with Crippen LogP contribution in [-0.4, -0.2) is 9.97 Å². The molecule has 0 amide bonds. The zero-order valence-corrected chi connectivity index (χ0v) is 12.6. The second kappa shape index (κ2) is 5.26. The molecular weight excluding hydrogens is 282 g/mol. The number of nitrogens with zero attached hydrogens (tertiary/aromatic N) is 1. The standard InChI is InChI=1S/C16H15N3OS/c1-9-3-4-10(2)14(7-9)21-16-18-13-6-5-11(17)8-12(13)15(20)19-16/h3-8H,17H2,1-2H3,(H,18,19,20). The average Bonchev–Trinajstić information content (AvgIpc) is 2.44. The Morgan fingerprint density at radius 1 is 1.14 bits per heavy atom. The van der Waals surface area contributed by atoms with Crippen LogP contribution in [0, 0.1) is 13.8 Å². The Morgan fingerprint density at radius 3 is 2.76 bits per heavy atom. The molecule has 0 fully saturated rings. The van der Waals surface area contributed by atoms with Crippen molar-refractivity contribution in [2.75, 3.05) is 5.73 Å². The first kappa shape index (κ1) is 13.7. The first-order chi connectivity index (χ1) is 10.0. The molecule has 0 bridgehead atoms. The summed E-state index contributed by atoms with van der Waals surface area (Å²) in [5.74, 6) is 0. The Morgan fingerprint density at radius 2 is 1.95 bits per heavy atom. The molecule has 0 aliphatic rings. The van der Waals surface area contributed by atoms with Gasteiger partial charge in [0.25, 0.3) is 5.56 Å². The second-order valence-electron chi connectivity index (χ2n) is 5.02. The van der Waals surface area contributed by atoms with E-state index in [1.54, 1.807) is 18.2 Å². The monoisotopic (exact) mass is 297 g/mol. The summed E-state index contributed by atoms with van der Waals surface area (Å²) in [5.41, 5.74) is 9.09. The van der Waals surface area contributed by atoms with Gasteiger partial charge in [0.15, 0.2) is 5.16 Å².